The van der Waals surface area contributed by atoms with Gasteiger partial charge in [-0.2, -0.15) is 0 Å². The molecule has 0 aromatic rings. The van der Waals surface area contributed by atoms with Crippen LogP contribution >= 0.6 is 0 Å². The third kappa shape index (κ3) is 21.4. The number of aliphatic hydroxyl groups is 3. The molecule has 45 heavy (non-hydrogen) atoms. The maximum absolute atomic E-state index is 12.4. The molecule has 3 N–H and O–H groups in total. The number of esters is 2. The van der Waals surface area contributed by atoms with Gasteiger partial charge in [0.05, 0.1) is 12.2 Å². The van der Waals surface area contributed by atoms with E-state index >= 15 is 0 Å². The van der Waals surface area contributed by atoms with Crippen molar-refractivity contribution in [1.29, 1.82) is 0 Å². The monoisotopic (exact) mass is 636 g/mol. The number of aliphatic hydroxyl groups excluding tert-OH is 3. The molecule has 0 spiro atoms. The van der Waals surface area contributed by atoms with E-state index in [0.717, 1.165) is 44.4 Å². The molecule has 8 nitrogen and oxygen atoms in total. The molecule has 8 heteroatoms. The lowest BCUT2D eigenvalue weighted by Crippen LogP contribution is -2.25. The van der Waals surface area contributed by atoms with Crippen molar-refractivity contribution in [3.63, 3.8) is 0 Å². The van der Waals surface area contributed by atoms with Crippen molar-refractivity contribution in [1.82, 2.24) is 0 Å². The molecule has 0 aromatic heterocycles. The summed E-state index contributed by atoms with van der Waals surface area (Å²) in [5.41, 5.74) is 0. The average molecular weight is 637 g/mol. The molecule has 0 radical (unpaired) electrons. The Morgan fingerprint density at radius 3 is 2.02 bits per heavy atom. The topological polar surface area (TPSA) is 130 Å². The van der Waals surface area contributed by atoms with Crippen LogP contribution in [0.1, 0.15) is 143 Å². The highest BCUT2D eigenvalue weighted by atomic mass is 16.6. The number of hydrogen-bond donors (Lipinski definition) is 3. The average Bonchev–Trinajstić information content (AvgIpc) is 3.27. The van der Waals surface area contributed by atoms with Gasteiger partial charge >= 0.3 is 11.9 Å². The number of Topliss-reactive ketones (excluding diaryl/α,β-unsaturated/α-hetero) is 1. The summed E-state index contributed by atoms with van der Waals surface area (Å²) >= 11 is 0. The zero-order valence-corrected chi connectivity index (χ0v) is 28.5. The van der Waals surface area contributed by atoms with E-state index in [4.69, 9.17) is 9.47 Å². The van der Waals surface area contributed by atoms with Crippen LogP contribution in [0.3, 0.4) is 0 Å². The van der Waals surface area contributed by atoms with E-state index in [0.29, 0.717) is 32.1 Å². The first-order valence-electron chi connectivity index (χ1n) is 17.8. The molecular weight excluding hydrogens is 572 g/mol. The van der Waals surface area contributed by atoms with Crippen molar-refractivity contribution in [2.45, 2.75) is 161 Å². The van der Waals surface area contributed by atoms with Crippen molar-refractivity contribution < 1.29 is 39.2 Å². The van der Waals surface area contributed by atoms with E-state index < -0.39 is 30.2 Å². The second kappa shape index (κ2) is 26.1. The minimum absolute atomic E-state index is 0.00137. The molecule has 0 aliphatic heterocycles. The molecule has 0 amide bonds. The largest absolute Gasteiger partial charge is 0.463 e. The molecule has 1 saturated carbocycles. The standard InChI is InChI=1S/C37H64O8/c1-4-5-14-20-30(38)24-25-33-32(34(40)26-35(33)41)21-16-12-13-18-23-37(43)45-28-31(39)27-44-36(42)22-17-11-9-7-6-8-10-15-19-29(2)3/h12,16,24-25,29-34,38-40H,4-11,13-15,17-23,26-28H2,1-3H3/b16-12-,25-24+/t30-,31-,32+,33+,34-/m0/s1. The third-order valence-electron chi connectivity index (χ3n) is 8.49. The number of allylic oxidation sites excluding steroid dienone is 3. The minimum atomic E-state index is -1.05. The maximum atomic E-state index is 12.4. The van der Waals surface area contributed by atoms with Crippen LogP contribution < -0.4 is 0 Å². The van der Waals surface area contributed by atoms with Gasteiger partial charge in [0, 0.05) is 31.1 Å². The van der Waals surface area contributed by atoms with E-state index in [1.165, 1.54) is 38.5 Å². The quantitative estimate of drug-likeness (QED) is 0.0492. The summed E-state index contributed by atoms with van der Waals surface area (Å²) < 4.78 is 10.2. The second-order valence-corrected chi connectivity index (χ2v) is 13.3. The smallest absolute Gasteiger partial charge is 0.305 e. The summed E-state index contributed by atoms with van der Waals surface area (Å²) in [7, 11) is 0. The van der Waals surface area contributed by atoms with Gasteiger partial charge < -0.3 is 24.8 Å². The van der Waals surface area contributed by atoms with Gasteiger partial charge in [0.15, 0.2) is 0 Å². The van der Waals surface area contributed by atoms with Gasteiger partial charge in [0.25, 0.3) is 0 Å². The number of carbonyl (C=O) groups excluding carboxylic acids is 3. The highest BCUT2D eigenvalue weighted by Gasteiger charge is 2.39. The molecule has 0 aromatic carbocycles. The SMILES string of the molecule is CCCCC[C@H](O)/C=C/[C@H]1C(=O)C[C@H](O)[C@@H]1C/C=C\CCCC(=O)OC[C@@H](O)COC(=O)CCCCCCCCCCC(C)C. The lowest BCUT2D eigenvalue weighted by atomic mass is 9.90. The van der Waals surface area contributed by atoms with Gasteiger partial charge in [-0.3, -0.25) is 14.4 Å². The number of rotatable bonds is 27. The van der Waals surface area contributed by atoms with Gasteiger partial charge in [0.1, 0.15) is 25.1 Å². The first-order valence-corrected chi connectivity index (χ1v) is 17.8. The molecule has 260 valence electrons. The molecule has 1 aliphatic rings. The Hall–Kier alpha value is -2.03. The van der Waals surface area contributed by atoms with Crippen molar-refractivity contribution in [3.8, 4) is 0 Å². The molecule has 1 rings (SSSR count). The van der Waals surface area contributed by atoms with E-state index in [2.05, 4.69) is 20.8 Å². The van der Waals surface area contributed by atoms with E-state index in [9.17, 15) is 29.7 Å². The van der Waals surface area contributed by atoms with Gasteiger partial charge in [-0.1, -0.05) is 116 Å². The molecule has 1 aliphatic carbocycles. The predicted molar refractivity (Wildman–Crippen MR) is 178 cm³/mol. The van der Waals surface area contributed by atoms with Crippen molar-refractivity contribution in [2.75, 3.05) is 13.2 Å². The summed E-state index contributed by atoms with van der Waals surface area (Å²) in [5, 5.41) is 30.5. The highest BCUT2D eigenvalue weighted by Crippen LogP contribution is 2.33. The molecule has 0 unspecified atom stereocenters. The number of carbonyl (C=O) groups is 3. The zero-order chi connectivity index (χ0) is 33.3. The van der Waals surface area contributed by atoms with Crippen LogP contribution in [0.2, 0.25) is 0 Å². The minimum Gasteiger partial charge on any atom is -0.463 e. The highest BCUT2D eigenvalue weighted by molar-refractivity contribution is 5.86. The number of unbranched alkanes of at least 4 members (excludes halogenated alkanes) is 10. The fourth-order valence-electron chi connectivity index (χ4n) is 5.66. The Kier molecular flexibility index (Phi) is 23.8. The predicted octanol–water partition coefficient (Wildman–Crippen LogP) is 7.17. The normalized spacial score (nSPS) is 20.0. The Bertz CT molecular complexity index is 851. The van der Waals surface area contributed by atoms with Gasteiger partial charge in [0.2, 0.25) is 0 Å². The Morgan fingerprint density at radius 1 is 0.822 bits per heavy atom. The Balaban J connectivity index is 2.11. The first kappa shape index (κ1) is 41.0. The Labute approximate surface area is 273 Å². The van der Waals surface area contributed by atoms with Gasteiger partial charge in [-0.25, -0.2) is 0 Å². The summed E-state index contributed by atoms with van der Waals surface area (Å²) in [6, 6.07) is 0. The van der Waals surface area contributed by atoms with E-state index in [1.54, 1.807) is 12.2 Å². The van der Waals surface area contributed by atoms with Crippen molar-refractivity contribution in [2.24, 2.45) is 17.8 Å². The van der Waals surface area contributed by atoms with Crippen LogP contribution in [0.15, 0.2) is 24.3 Å². The van der Waals surface area contributed by atoms with Gasteiger partial charge in [-0.15, -0.1) is 0 Å². The molecule has 0 heterocycles. The van der Waals surface area contributed by atoms with Gasteiger partial charge in [-0.05, 0) is 38.0 Å². The Morgan fingerprint density at radius 2 is 1.40 bits per heavy atom. The van der Waals surface area contributed by atoms with E-state index in [1.807, 2.05) is 12.2 Å². The molecular formula is C37H64O8. The van der Waals surface area contributed by atoms with E-state index in [-0.39, 0.29) is 43.7 Å². The van der Waals surface area contributed by atoms with Crippen molar-refractivity contribution >= 4 is 17.7 Å². The van der Waals surface area contributed by atoms with Crippen LogP contribution in [-0.2, 0) is 23.9 Å². The van der Waals surface area contributed by atoms with Crippen molar-refractivity contribution in [3.05, 3.63) is 24.3 Å². The molecule has 5 atom stereocenters. The molecule has 0 bridgehead atoms. The summed E-state index contributed by atoms with van der Waals surface area (Å²) in [6.45, 7) is 6.24. The first-order chi connectivity index (χ1) is 21.6. The maximum Gasteiger partial charge on any atom is 0.305 e. The third-order valence-corrected chi connectivity index (χ3v) is 8.49. The van der Waals surface area contributed by atoms with Crippen LogP contribution in [0.25, 0.3) is 0 Å². The number of ketones is 1. The molecule has 0 saturated heterocycles. The lowest BCUT2D eigenvalue weighted by molar-refractivity contribution is -0.152. The summed E-state index contributed by atoms with van der Waals surface area (Å²) in [5.74, 6) is -0.578. The lowest BCUT2D eigenvalue weighted by Gasteiger charge is -2.17. The second-order valence-electron chi connectivity index (χ2n) is 13.3. The zero-order valence-electron chi connectivity index (χ0n) is 28.5. The number of ether oxygens (including phenoxy) is 2. The van der Waals surface area contributed by atoms with Crippen LogP contribution in [0.5, 0.6) is 0 Å². The molecule has 1 fully saturated rings. The number of hydrogen-bond acceptors (Lipinski definition) is 8. The van der Waals surface area contributed by atoms with Crippen LogP contribution in [0, 0.1) is 17.8 Å². The summed E-state index contributed by atoms with van der Waals surface area (Å²) in [4.78, 5) is 36.3. The van der Waals surface area contributed by atoms with Crippen LogP contribution in [0.4, 0.5) is 0 Å². The van der Waals surface area contributed by atoms with Crippen LogP contribution in [-0.4, -0.2) is 64.6 Å². The fourth-order valence-corrected chi connectivity index (χ4v) is 5.66. The fraction of sp³-hybridized carbons (Fsp3) is 0.811. The summed E-state index contributed by atoms with van der Waals surface area (Å²) in [6.07, 6.45) is 21.8.